The minimum Gasteiger partial charge on any atom is -0.444 e. The number of nitrogens with one attached hydrogen (secondary N) is 2. The predicted octanol–water partition coefficient (Wildman–Crippen LogP) is 5.81. The number of primary amides is 1. The number of rotatable bonds is 13. The van der Waals surface area contributed by atoms with Gasteiger partial charge in [-0.3, -0.25) is 14.4 Å². The summed E-state index contributed by atoms with van der Waals surface area (Å²) in [5, 5.41) is 5.79. The normalized spacial score (nSPS) is 12.7. The average Bonchev–Trinajstić information content (AvgIpc) is 2.86. The van der Waals surface area contributed by atoms with Gasteiger partial charge in [0.25, 0.3) is 5.91 Å². The number of alkyl carbamates (subject to hydrolysis) is 1. The summed E-state index contributed by atoms with van der Waals surface area (Å²) < 4.78 is 5.34. The van der Waals surface area contributed by atoms with Gasteiger partial charge in [-0.25, -0.2) is 4.79 Å². The summed E-state index contributed by atoms with van der Waals surface area (Å²) >= 11 is 6.43. The molecule has 0 aliphatic carbocycles. The van der Waals surface area contributed by atoms with E-state index in [4.69, 9.17) is 22.1 Å². The lowest BCUT2D eigenvalue weighted by Gasteiger charge is -2.35. The minimum atomic E-state index is -1.34. The summed E-state index contributed by atoms with van der Waals surface area (Å²) in [6.07, 6.45) is 2.03. The molecule has 0 saturated heterocycles. The number of nitrogens with zero attached hydrogens (tertiary/aromatic N) is 1. The van der Waals surface area contributed by atoms with Gasteiger partial charge >= 0.3 is 6.09 Å². The van der Waals surface area contributed by atoms with Crippen molar-refractivity contribution in [3.05, 3.63) is 64.2 Å². The Balaban J connectivity index is 2.60. The molecule has 2 rings (SSSR count). The molecule has 4 N–H and O–H groups in total. The molecule has 0 bridgehead atoms. The third kappa shape index (κ3) is 10.4. The molecule has 0 aromatic heterocycles. The molecule has 41 heavy (non-hydrogen) atoms. The van der Waals surface area contributed by atoms with Crippen molar-refractivity contribution in [2.24, 2.45) is 5.73 Å². The number of aryl methyl sites for hydroxylation is 2. The van der Waals surface area contributed by atoms with Crippen molar-refractivity contribution in [1.82, 2.24) is 10.2 Å². The van der Waals surface area contributed by atoms with Gasteiger partial charge in [0.1, 0.15) is 17.7 Å². The molecule has 9 nitrogen and oxygen atoms in total. The maximum absolute atomic E-state index is 14.2. The van der Waals surface area contributed by atoms with Gasteiger partial charge in [0.15, 0.2) is 0 Å². The second kappa shape index (κ2) is 15.4. The number of ether oxygens (including phenoxy) is 1. The quantitative estimate of drug-likeness (QED) is 0.255. The Hall–Kier alpha value is -3.59. The fraction of sp³-hybridized carbons (Fsp3) is 0.484. The van der Waals surface area contributed by atoms with Crippen LogP contribution in [0.1, 0.15) is 82.5 Å². The van der Waals surface area contributed by atoms with Crippen molar-refractivity contribution in [1.29, 1.82) is 0 Å². The van der Waals surface area contributed by atoms with Crippen LogP contribution in [0.2, 0.25) is 5.02 Å². The summed E-state index contributed by atoms with van der Waals surface area (Å²) in [6, 6.07) is 10.1. The highest BCUT2D eigenvalue weighted by molar-refractivity contribution is 6.34. The standard InChI is InChI=1S/C31H43ClN4O5/c1-7-8-9-12-18-36(29(39)24(19-25(33)37)34-30(40)41-31(4,5)6)27(22-16-11-10-14-20(22)2)28(38)35-26-21(3)15-13-17-23(26)32/h10-11,13-17,24,27H,7-9,12,18-19H2,1-6H3,(H2,33,37)(H,34,40)(H,35,38). The number of benzene rings is 2. The number of carbonyl (C=O) groups excluding carboxylic acids is 4. The number of amides is 4. The lowest BCUT2D eigenvalue weighted by molar-refractivity contribution is -0.142. The van der Waals surface area contributed by atoms with Crippen molar-refractivity contribution in [3.8, 4) is 0 Å². The van der Waals surface area contributed by atoms with Crippen LogP contribution in [-0.2, 0) is 19.1 Å². The van der Waals surface area contributed by atoms with E-state index in [1.807, 2.05) is 32.0 Å². The molecule has 10 heteroatoms. The Kier molecular flexibility index (Phi) is 12.6. The first kappa shape index (κ1) is 33.6. The van der Waals surface area contributed by atoms with Gasteiger partial charge in [0.05, 0.1) is 17.1 Å². The summed E-state index contributed by atoms with van der Waals surface area (Å²) in [7, 11) is 0. The molecule has 0 fully saturated rings. The van der Waals surface area contributed by atoms with Gasteiger partial charge in [-0.1, -0.05) is 74.2 Å². The molecule has 4 amide bonds. The molecule has 0 heterocycles. The van der Waals surface area contributed by atoms with Gasteiger partial charge in [-0.15, -0.1) is 0 Å². The second-order valence-corrected chi connectivity index (χ2v) is 11.5. The molecule has 224 valence electrons. The molecule has 0 saturated carbocycles. The zero-order valence-corrected chi connectivity index (χ0v) is 25.6. The highest BCUT2D eigenvalue weighted by Gasteiger charge is 2.37. The zero-order chi connectivity index (χ0) is 30.7. The fourth-order valence-electron chi connectivity index (χ4n) is 4.45. The van der Waals surface area contributed by atoms with E-state index in [9.17, 15) is 19.2 Å². The molecule has 2 aromatic carbocycles. The van der Waals surface area contributed by atoms with Crippen molar-refractivity contribution in [3.63, 3.8) is 0 Å². The van der Waals surface area contributed by atoms with Crippen LogP contribution in [-0.4, -0.2) is 46.9 Å². The van der Waals surface area contributed by atoms with E-state index in [2.05, 4.69) is 17.6 Å². The molecular formula is C31H43ClN4O5. The van der Waals surface area contributed by atoms with E-state index in [-0.39, 0.29) is 6.54 Å². The number of carbonyl (C=O) groups is 4. The molecule has 2 unspecified atom stereocenters. The number of hydrogen-bond acceptors (Lipinski definition) is 5. The Bertz CT molecular complexity index is 1210. The summed E-state index contributed by atoms with van der Waals surface area (Å²) in [5.74, 6) is -1.88. The van der Waals surface area contributed by atoms with Crippen LogP contribution >= 0.6 is 11.6 Å². The van der Waals surface area contributed by atoms with E-state index in [1.165, 1.54) is 4.90 Å². The van der Waals surface area contributed by atoms with E-state index >= 15 is 0 Å². The van der Waals surface area contributed by atoms with Crippen LogP contribution in [0.4, 0.5) is 10.5 Å². The molecule has 0 radical (unpaired) electrons. The van der Waals surface area contributed by atoms with Crippen LogP contribution in [0.25, 0.3) is 0 Å². The number of nitrogens with two attached hydrogens (primary N) is 1. The second-order valence-electron chi connectivity index (χ2n) is 11.1. The van der Waals surface area contributed by atoms with Gasteiger partial charge in [-0.2, -0.15) is 0 Å². The topological polar surface area (TPSA) is 131 Å². The van der Waals surface area contributed by atoms with E-state index < -0.39 is 47.9 Å². The molecule has 0 spiro atoms. The van der Waals surface area contributed by atoms with Crippen molar-refractivity contribution >= 4 is 41.1 Å². The zero-order valence-electron chi connectivity index (χ0n) is 24.9. The Morgan fingerprint density at radius 3 is 2.22 bits per heavy atom. The van der Waals surface area contributed by atoms with Crippen LogP contribution in [0.3, 0.4) is 0 Å². The summed E-state index contributed by atoms with van der Waals surface area (Å²) in [4.78, 5) is 54.4. The van der Waals surface area contributed by atoms with Crippen molar-refractivity contribution in [2.45, 2.75) is 91.3 Å². The minimum absolute atomic E-state index is 0.206. The first-order valence-electron chi connectivity index (χ1n) is 13.9. The first-order chi connectivity index (χ1) is 19.2. The van der Waals surface area contributed by atoms with Gasteiger partial charge < -0.3 is 26.0 Å². The van der Waals surface area contributed by atoms with Gasteiger partial charge in [0, 0.05) is 6.54 Å². The highest BCUT2D eigenvalue weighted by Crippen LogP contribution is 2.31. The van der Waals surface area contributed by atoms with Crippen LogP contribution in [0, 0.1) is 13.8 Å². The maximum Gasteiger partial charge on any atom is 0.408 e. The third-order valence-electron chi connectivity index (χ3n) is 6.44. The van der Waals surface area contributed by atoms with Gasteiger partial charge in [0.2, 0.25) is 11.8 Å². The van der Waals surface area contributed by atoms with E-state index in [0.29, 0.717) is 22.7 Å². The average molecular weight is 587 g/mol. The molecule has 2 atom stereocenters. The monoisotopic (exact) mass is 586 g/mol. The van der Waals surface area contributed by atoms with E-state index in [0.717, 1.165) is 30.4 Å². The Morgan fingerprint density at radius 1 is 0.976 bits per heavy atom. The summed E-state index contributed by atoms with van der Waals surface area (Å²) in [6.45, 7) is 11.0. The van der Waals surface area contributed by atoms with Crippen LogP contribution < -0.4 is 16.4 Å². The largest absolute Gasteiger partial charge is 0.444 e. The predicted molar refractivity (Wildman–Crippen MR) is 162 cm³/mol. The number of anilines is 1. The lowest BCUT2D eigenvalue weighted by Crippen LogP contribution is -2.53. The van der Waals surface area contributed by atoms with Crippen LogP contribution in [0.5, 0.6) is 0 Å². The number of hydrogen-bond donors (Lipinski definition) is 3. The van der Waals surface area contributed by atoms with E-state index in [1.54, 1.807) is 45.0 Å². The molecular weight excluding hydrogens is 544 g/mol. The summed E-state index contributed by atoms with van der Waals surface area (Å²) in [5.41, 5.74) is 7.25. The van der Waals surface area contributed by atoms with Crippen LogP contribution in [0.15, 0.2) is 42.5 Å². The third-order valence-corrected chi connectivity index (χ3v) is 6.76. The Morgan fingerprint density at radius 2 is 1.63 bits per heavy atom. The fourth-order valence-corrected chi connectivity index (χ4v) is 4.72. The van der Waals surface area contributed by atoms with Crippen molar-refractivity contribution < 1.29 is 23.9 Å². The first-order valence-corrected chi connectivity index (χ1v) is 14.3. The molecule has 0 aliphatic heterocycles. The highest BCUT2D eigenvalue weighted by atomic mass is 35.5. The number of unbranched alkanes of at least 4 members (excludes halogenated alkanes) is 3. The SMILES string of the molecule is CCCCCCN(C(=O)C(CC(N)=O)NC(=O)OC(C)(C)C)C(C(=O)Nc1c(C)cccc1Cl)c1ccccc1C. The Labute approximate surface area is 248 Å². The lowest BCUT2D eigenvalue weighted by atomic mass is 9.97. The number of para-hydroxylation sites is 1. The smallest absolute Gasteiger partial charge is 0.408 e. The number of halogens is 1. The maximum atomic E-state index is 14.2. The van der Waals surface area contributed by atoms with Crippen molar-refractivity contribution in [2.75, 3.05) is 11.9 Å². The molecule has 2 aromatic rings. The van der Waals surface area contributed by atoms with Gasteiger partial charge in [-0.05, 0) is 63.8 Å². The molecule has 0 aliphatic rings.